The van der Waals surface area contributed by atoms with E-state index in [1.165, 1.54) is 0 Å². The van der Waals surface area contributed by atoms with Crippen LogP contribution in [0.5, 0.6) is 0 Å². The second kappa shape index (κ2) is 7.13. The van der Waals surface area contributed by atoms with Gasteiger partial charge in [-0.2, -0.15) is 0 Å². The Bertz CT molecular complexity index is 329. The van der Waals surface area contributed by atoms with Crippen molar-refractivity contribution < 1.29 is 0 Å². The fraction of sp³-hybridized carbons (Fsp3) is 0.500. The van der Waals surface area contributed by atoms with E-state index in [-0.39, 0.29) is 0 Å². The fourth-order valence-corrected chi connectivity index (χ4v) is 2.01. The van der Waals surface area contributed by atoms with Gasteiger partial charge in [0.2, 0.25) is 0 Å². The summed E-state index contributed by atoms with van der Waals surface area (Å²) < 4.78 is 0. The summed E-state index contributed by atoms with van der Waals surface area (Å²) in [5.74, 6) is 0. The molecule has 0 saturated carbocycles. The van der Waals surface area contributed by atoms with Gasteiger partial charge in [-0.1, -0.05) is 29.3 Å². The van der Waals surface area contributed by atoms with Gasteiger partial charge in [0.15, 0.2) is 0 Å². The largest absolute Gasteiger partial charge is 0.330 e. The van der Waals surface area contributed by atoms with Crippen LogP contribution < -0.4 is 5.73 Å². The summed E-state index contributed by atoms with van der Waals surface area (Å²) in [6.45, 7) is 2.65. The van der Waals surface area contributed by atoms with Gasteiger partial charge in [0.05, 0.1) is 0 Å². The van der Waals surface area contributed by atoms with Crippen LogP contribution in [0.25, 0.3) is 0 Å². The number of unbranched alkanes of at least 4 members (excludes halogenated alkanes) is 1. The van der Waals surface area contributed by atoms with Crippen LogP contribution in [0.15, 0.2) is 18.2 Å². The van der Waals surface area contributed by atoms with Crippen LogP contribution in [0.1, 0.15) is 18.4 Å². The smallest absolute Gasteiger partial charge is 0.0465 e. The maximum Gasteiger partial charge on any atom is 0.0465 e. The molecule has 90 valence electrons. The third-order valence-electron chi connectivity index (χ3n) is 2.45. The SMILES string of the molecule is CN(CCCCN)Cc1ccc(Cl)cc1Cl. The van der Waals surface area contributed by atoms with E-state index in [0.717, 1.165) is 43.1 Å². The maximum atomic E-state index is 6.10. The van der Waals surface area contributed by atoms with Crippen molar-refractivity contribution in [3.63, 3.8) is 0 Å². The molecule has 0 radical (unpaired) electrons. The molecule has 2 nitrogen and oxygen atoms in total. The van der Waals surface area contributed by atoms with E-state index in [2.05, 4.69) is 11.9 Å². The van der Waals surface area contributed by atoms with E-state index in [1.807, 2.05) is 12.1 Å². The zero-order valence-electron chi connectivity index (χ0n) is 9.55. The van der Waals surface area contributed by atoms with E-state index in [0.29, 0.717) is 5.02 Å². The Balaban J connectivity index is 2.46. The van der Waals surface area contributed by atoms with Crippen LogP contribution in [0.2, 0.25) is 10.0 Å². The van der Waals surface area contributed by atoms with E-state index >= 15 is 0 Å². The Kier molecular flexibility index (Phi) is 6.14. The highest BCUT2D eigenvalue weighted by molar-refractivity contribution is 6.35. The zero-order valence-corrected chi connectivity index (χ0v) is 11.1. The third-order valence-corrected chi connectivity index (χ3v) is 3.04. The van der Waals surface area contributed by atoms with Gasteiger partial charge in [-0.3, -0.25) is 0 Å². The van der Waals surface area contributed by atoms with Crippen molar-refractivity contribution in [2.75, 3.05) is 20.1 Å². The van der Waals surface area contributed by atoms with Crippen molar-refractivity contribution in [3.8, 4) is 0 Å². The quantitative estimate of drug-likeness (QED) is 0.797. The van der Waals surface area contributed by atoms with Gasteiger partial charge in [-0.15, -0.1) is 0 Å². The highest BCUT2D eigenvalue weighted by Gasteiger charge is 2.04. The molecule has 2 N–H and O–H groups in total. The van der Waals surface area contributed by atoms with Crippen LogP contribution in [-0.2, 0) is 6.54 Å². The van der Waals surface area contributed by atoms with Gasteiger partial charge in [0.1, 0.15) is 0 Å². The monoisotopic (exact) mass is 260 g/mol. The summed E-state index contributed by atoms with van der Waals surface area (Å²) in [6.07, 6.45) is 2.19. The van der Waals surface area contributed by atoms with Crippen molar-refractivity contribution >= 4 is 23.2 Å². The topological polar surface area (TPSA) is 29.3 Å². The molecular formula is C12H18Cl2N2. The highest BCUT2D eigenvalue weighted by atomic mass is 35.5. The van der Waals surface area contributed by atoms with Gasteiger partial charge in [0.25, 0.3) is 0 Å². The summed E-state index contributed by atoms with van der Waals surface area (Å²) in [7, 11) is 2.08. The van der Waals surface area contributed by atoms with E-state index < -0.39 is 0 Å². The van der Waals surface area contributed by atoms with E-state index in [9.17, 15) is 0 Å². The first kappa shape index (κ1) is 13.8. The summed E-state index contributed by atoms with van der Waals surface area (Å²) in [4.78, 5) is 2.24. The first-order chi connectivity index (χ1) is 7.63. The number of nitrogens with two attached hydrogens (primary N) is 1. The summed E-state index contributed by atoms with van der Waals surface area (Å²) in [6, 6.07) is 5.63. The van der Waals surface area contributed by atoms with Gasteiger partial charge in [0, 0.05) is 16.6 Å². The van der Waals surface area contributed by atoms with Crippen LogP contribution in [0.3, 0.4) is 0 Å². The molecular weight excluding hydrogens is 243 g/mol. The Hall–Kier alpha value is -0.280. The molecule has 0 bridgehead atoms. The van der Waals surface area contributed by atoms with Crippen molar-refractivity contribution in [1.82, 2.24) is 4.90 Å². The fourth-order valence-electron chi connectivity index (χ4n) is 1.55. The minimum atomic E-state index is 0.680. The number of rotatable bonds is 6. The Morgan fingerprint density at radius 2 is 2.00 bits per heavy atom. The molecule has 0 aliphatic rings. The number of benzene rings is 1. The molecule has 0 unspecified atom stereocenters. The van der Waals surface area contributed by atoms with Gasteiger partial charge in [-0.25, -0.2) is 0 Å². The number of halogens is 2. The van der Waals surface area contributed by atoms with Crippen LogP contribution in [0, 0.1) is 0 Å². The lowest BCUT2D eigenvalue weighted by atomic mass is 10.2. The zero-order chi connectivity index (χ0) is 12.0. The van der Waals surface area contributed by atoms with E-state index in [1.54, 1.807) is 6.07 Å². The van der Waals surface area contributed by atoms with Crippen LogP contribution >= 0.6 is 23.2 Å². The molecule has 1 rings (SSSR count). The Labute approximate surface area is 107 Å². The molecule has 0 aliphatic heterocycles. The minimum Gasteiger partial charge on any atom is -0.330 e. The molecule has 1 aromatic rings. The molecule has 4 heteroatoms. The third kappa shape index (κ3) is 4.71. The summed E-state index contributed by atoms with van der Waals surface area (Å²) in [5.41, 5.74) is 6.57. The first-order valence-electron chi connectivity index (χ1n) is 5.46. The number of nitrogens with zero attached hydrogens (tertiary/aromatic N) is 1. The molecule has 0 fully saturated rings. The lowest BCUT2D eigenvalue weighted by Crippen LogP contribution is -2.20. The van der Waals surface area contributed by atoms with Crippen molar-refractivity contribution in [1.29, 1.82) is 0 Å². The molecule has 0 atom stereocenters. The molecule has 16 heavy (non-hydrogen) atoms. The van der Waals surface area contributed by atoms with Gasteiger partial charge >= 0.3 is 0 Å². The average Bonchev–Trinajstić information content (AvgIpc) is 2.23. The normalized spacial score (nSPS) is 11.1. The maximum absolute atomic E-state index is 6.10. The number of hydrogen-bond acceptors (Lipinski definition) is 2. The van der Waals surface area contributed by atoms with Crippen molar-refractivity contribution in [2.45, 2.75) is 19.4 Å². The first-order valence-corrected chi connectivity index (χ1v) is 6.21. The summed E-state index contributed by atoms with van der Waals surface area (Å²) in [5, 5.41) is 1.41. The summed E-state index contributed by atoms with van der Waals surface area (Å²) >= 11 is 11.9. The molecule has 0 amide bonds. The molecule has 0 heterocycles. The van der Waals surface area contributed by atoms with Crippen molar-refractivity contribution in [3.05, 3.63) is 33.8 Å². The van der Waals surface area contributed by atoms with Crippen LogP contribution in [-0.4, -0.2) is 25.0 Å². The van der Waals surface area contributed by atoms with Gasteiger partial charge in [-0.05, 0) is 50.7 Å². The molecule has 0 saturated heterocycles. The average molecular weight is 261 g/mol. The highest BCUT2D eigenvalue weighted by Crippen LogP contribution is 2.21. The second-order valence-electron chi connectivity index (χ2n) is 3.97. The lowest BCUT2D eigenvalue weighted by molar-refractivity contribution is 0.319. The van der Waals surface area contributed by atoms with Crippen molar-refractivity contribution in [2.24, 2.45) is 5.73 Å². The Morgan fingerprint density at radius 1 is 1.25 bits per heavy atom. The van der Waals surface area contributed by atoms with E-state index in [4.69, 9.17) is 28.9 Å². The standard InChI is InChI=1S/C12H18Cl2N2/c1-16(7-3-2-6-15)9-10-4-5-11(13)8-12(10)14/h4-5,8H,2-3,6-7,9,15H2,1H3. The molecule has 0 aliphatic carbocycles. The predicted octanol–water partition coefficient (Wildman–Crippen LogP) is 3.16. The molecule has 0 spiro atoms. The predicted molar refractivity (Wildman–Crippen MR) is 71.1 cm³/mol. The number of hydrogen-bond donors (Lipinski definition) is 1. The minimum absolute atomic E-state index is 0.680. The van der Waals surface area contributed by atoms with Crippen LogP contribution in [0.4, 0.5) is 0 Å². The van der Waals surface area contributed by atoms with Gasteiger partial charge < -0.3 is 10.6 Å². The molecule has 0 aromatic heterocycles. The Morgan fingerprint density at radius 3 is 2.62 bits per heavy atom. The molecule has 1 aromatic carbocycles. The lowest BCUT2D eigenvalue weighted by Gasteiger charge is -2.17. The second-order valence-corrected chi connectivity index (χ2v) is 4.81.